The van der Waals surface area contributed by atoms with Crippen molar-refractivity contribution in [3.05, 3.63) is 108 Å². The number of rotatable bonds is 29. The minimum atomic E-state index is -1.01. The Morgan fingerprint density at radius 1 is 0.625 bits per heavy atom. The summed E-state index contributed by atoms with van der Waals surface area (Å²) in [6.45, 7) is 17.4. The topological polar surface area (TPSA) is 207 Å². The Balaban J connectivity index is 1.55. The quantitative estimate of drug-likeness (QED) is 0.0418. The standard InChI is InChI=1S/C55H80N4O13/c1-36(2)31-42(52(63)65-10)57-51(62)46(38(5)6)58-44(60)27-30-66-35-43-47(68-32-39-21-14-11-15-22-39)48(69-33-40-23-16-12-17-24-40)49(70-34-41-25-18-13-19-26-41)53(71-43)67-29-20-28-56-50(61)45(37(3)4)59-54(64)72-55(7,8)9/h11-19,21-26,36-38,42-43,45-49,53H,20,27-35H2,1-10H3,(H,56,61)(H,57,62)(H,58,60)(H,59,64)/t42-,43+,45-,46-,47+,48-,49+,53+/m0/s1. The summed E-state index contributed by atoms with van der Waals surface area (Å²) in [6, 6.07) is 26.6. The van der Waals surface area contributed by atoms with E-state index in [1.54, 1.807) is 20.8 Å². The first-order chi connectivity index (χ1) is 34.3. The maximum atomic E-state index is 13.4. The Morgan fingerprint density at radius 3 is 1.64 bits per heavy atom. The van der Waals surface area contributed by atoms with Crippen LogP contribution in [-0.2, 0) is 76.9 Å². The molecular weight excluding hydrogens is 925 g/mol. The molecule has 398 valence electrons. The maximum Gasteiger partial charge on any atom is 0.408 e. The highest BCUT2D eigenvalue weighted by atomic mass is 16.7. The van der Waals surface area contributed by atoms with Crippen LogP contribution in [0.15, 0.2) is 91.0 Å². The van der Waals surface area contributed by atoms with Crippen molar-refractivity contribution in [2.75, 3.05) is 33.5 Å². The number of alkyl carbamates (subject to hydrolysis) is 1. The van der Waals surface area contributed by atoms with Gasteiger partial charge < -0.3 is 59.2 Å². The van der Waals surface area contributed by atoms with Crippen molar-refractivity contribution in [1.29, 1.82) is 0 Å². The van der Waals surface area contributed by atoms with E-state index in [-0.39, 0.29) is 76.3 Å². The van der Waals surface area contributed by atoms with Crippen LogP contribution in [-0.4, -0.2) is 118 Å². The molecule has 17 heteroatoms. The van der Waals surface area contributed by atoms with Crippen LogP contribution in [0.5, 0.6) is 0 Å². The molecule has 0 spiro atoms. The Kier molecular flexibility index (Phi) is 25.1. The van der Waals surface area contributed by atoms with Crippen LogP contribution in [0.3, 0.4) is 0 Å². The molecule has 4 amide bonds. The van der Waals surface area contributed by atoms with E-state index in [4.69, 9.17) is 37.9 Å². The molecule has 3 aromatic carbocycles. The van der Waals surface area contributed by atoms with Gasteiger partial charge in [0.2, 0.25) is 17.7 Å². The van der Waals surface area contributed by atoms with Gasteiger partial charge in [-0.25, -0.2) is 9.59 Å². The number of benzene rings is 3. The number of esters is 1. The zero-order chi connectivity index (χ0) is 52.6. The number of hydrogen-bond acceptors (Lipinski definition) is 13. The molecule has 1 aliphatic heterocycles. The van der Waals surface area contributed by atoms with E-state index in [1.807, 2.05) is 133 Å². The van der Waals surface area contributed by atoms with Crippen LogP contribution in [0.1, 0.15) is 98.3 Å². The Labute approximate surface area is 426 Å². The van der Waals surface area contributed by atoms with Crippen LogP contribution >= 0.6 is 0 Å². The molecule has 8 atom stereocenters. The third-order valence-corrected chi connectivity index (χ3v) is 11.5. The fourth-order valence-corrected chi connectivity index (χ4v) is 7.81. The van der Waals surface area contributed by atoms with Crippen molar-refractivity contribution in [3.8, 4) is 0 Å². The van der Waals surface area contributed by atoms with Crippen molar-refractivity contribution in [2.45, 2.75) is 156 Å². The highest BCUT2D eigenvalue weighted by Gasteiger charge is 2.49. The van der Waals surface area contributed by atoms with E-state index >= 15 is 0 Å². The number of carbonyl (C=O) groups is 5. The molecule has 3 aromatic rings. The predicted molar refractivity (Wildman–Crippen MR) is 271 cm³/mol. The van der Waals surface area contributed by atoms with Gasteiger partial charge in [-0.15, -0.1) is 0 Å². The lowest BCUT2D eigenvalue weighted by atomic mass is 9.97. The van der Waals surface area contributed by atoms with Crippen LogP contribution in [0.2, 0.25) is 0 Å². The Bertz CT molecular complexity index is 2070. The lowest BCUT2D eigenvalue weighted by molar-refractivity contribution is -0.328. The van der Waals surface area contributed by atoms with Gasteiger partial charge in [-0.05, 0) is 68.1 Å². The van der Waals surface area contributed by atoms with Crippen molar-refractivity contribution in [2.24, 2.45) is 17.8 Å². The molecule has 0 bridgehead atoms. The number of amides is 4. The third-order valence-electron chi connectivity index (χ3n) is 11.5. The smallest absolute Gasteiger partial charge is 0.408 e. The van der Waals surface area contributed by atoms with Crippen LogP contribution in [0, 0.1) is 17.8 Å². The molecule has 1 fully saturated rings. The summed E-state index contributed by atoms with van der Waals surface area (Å²) in [7, 11) is 1.27. The number of hydrogen-bond donors (Lipinski definition) is 4. The van der Waals surface area contributed by atoms with Crippen molar-refractivity contribution >= 4 is 29.8 Å². The van der Waals surface area contributed by atoms with Gasteiger partial charge in [-0.1, -0.05) is 133 Å². The lowest BCUT2D eigenvalue weighted by Crippen LogP contribution is -2.62. The molecule has 0 aliphatic carbocycles. The molecule has 1 heterocycles. The first-order valence-electron chi connectivity index (χ1n) is 25.1. The summed E-state index contributed by atoms with van der Waals surface area (Å²) in [6.07, 6.45) is -4.18. The molecule has 1 saturated heterocycles. The second-order valence-corrected chi connectivity index (χ2v) is 20.0. The SMILES string of the molecule is COC(=O)[C@H](CC(C)C)NC(=O)[C@@H](NC(=O)CCOC[C@H]1O[C@@H](OCCCNC(=O)[C@@H](NC(=O)OC(C)(C)C)C(C)C)[C@H](OCc2ccccc2)[C@@H](OCc2ccccc2)[C@@H]1OCc1ccccc1)C(C)C. The summed E-state index contributed by atoms with van der Waals surface area (Å²) in [5, 5.41) is 11.2. The predicted octanol–water partition coefficient (Wildman–Crippen LogP) is 6.79. The average molecular weight is 1010 g/mol. The first-order valence-corrected chi connectivity index (χ1v) is 25.1. The van der Waals surface area contributed by atoms with Gasteiger partial charge in [0, 0.05) is 13.0 Å². The van der Waals surface area contributed by atoms with E-state index in [0.29, 0.717) is 12.8 Å². The van der Waals surface area contributed by atoms with E-state index in [0.717, 1.165) is 16.7 Å². The Morgan fingerprint density at radius 2 is 1.14 bits per heavy atom. The molecule has 17 nitrogen and oxygen atoms in total. The number of nitrogens with one attached hydrogen (secondary N) is 4. The second kappa shape index (κ2) is 30.6. The van der Waals surface area contributed by atoms with Gasteiger partial charge >= 0.3 is 12.1 Å². The fraction of sp³-hybridized carbons (Fsp3) is 0.582. The number of carbonyl (C=O) groups excluding carboxylic acids is 5. The van der Waals surface area contributed by atoms with Gasteiger partial charge in [-0.2, -0.15) is 0 Å². The third kappa shape index (κ3) is 21.0. The average Bonchev–Trinajstić information content (AvgIpc) is 3.34. The molecule has 0 saturated carbocycles. The number of methoxy groups -OCH3 is 1. The Hall–Kier alpha value is -5.43. The highest BCUT2D eigenvalue weighted by Crippen LogP contribution is 2.32. The zero-order valence-electron chi connectivity index (χ0n) is 43.9. The van der Waals surface area contributed by atoms with Gasteiger partial charge in [-0.3, -0.25) is 14.4 Å². The van der Waals surface area contributed by atoms with Gasteiger partial charge in [0.1, 0.15) is 48.1 Å². The first kappa shape index (κ1) is 59.1. The second-order valence-electron chi connectivity index (χ2n) is 20.0. The minimum Gasteiger partial charge on any atom is -0.467 e. The van der Waals surface area contributed by atoms with Crippen molar-refractivity contribution in [1.82, 2.24) is 21.3 Å². The van der Waals surface area contributed by atoms with Gasteiger partial charge in [0.25, 0.3) is 0 Å². The van der Waals surface area contributed by atoms with Gasteiger partial charge in [0.05, 0.1) is 46.8 Å². The highest BCUT2D eigenvalue weighted by molar-refractivity contribution is 5.91. The molecule has 72 heavy (non-hydrogen) atoms. The summed E-state index contributed by atoms with van der Waals surface area (Å²) in [5.74, 6) is -2.22. The molecular formula is C55H80N4O13. The van der Waals surface area contributed by atoms with Gasteiger partial charge in [0.15, 0.2) is 6.29 Å². The summed E-state index contributed by atoms with van der Waals surface area (Å²) in [5.41, 5.74) is 2.04. The summed E-state index contributed by atoms with van der Waals surface area (Å²) in [4.78, 5) is 65.2. The molecule has 0 unspecified atom stereocenters. The maximum absolute atomic E-state index is 13.4. The normalized spacial score (nSPS) is 19.3. The van der Waals surface area contributed by atoms with E-state index in [9.17, 15) is 24.0 Å². The van der Waals surface area contributed by atoms with Crippen LogP contribution in [0.4, 0.5) is 4.79 Å². The van der Waals surface area contributed by atoms with E-state index in [2.05, 4.69) is 21.3 Å². The van der Waals surface area contributed by atoms with Crippen LogP contribution in [0.25, 0.3) is 0 Å². The minimum absolute atomic E-state index is 0.0312. The van der Waals surface area contributed by atoms with Crippen LogP contribution < -0.4 is 21.3 Å². The molecule has 0 radical (unpaired) electrons. The van der Waals surface area contributed by atoms with Crippen molar-refractivity contribution in [3.63, 3.8) is 0 Å². The largest absolute Gasteiger partial charge is 0.467 e. The van der Waals surface area contributed by atoms with Crippen molar-refractivity contribution < 1.29 is 61.9 Å². The summed E-state index contributed by atoms with van der Waals surface area (Å²) < 4.78 is 50.0. The zero-order valence-corrected chi connectivity index (χ0v) is 43.9. The van der Waals surface area contributed by atoms with E-state index in [1.165, 1.54) is 7.11 Å². The molecule has 1 aliphatic rings. The summed E-state index contributed by atoms with van der Waals surface area (Å²) >= 11 is 0. The fourth-order valence-electron chi connectivity index (χ4n) is 7.81. The lowest BCUT2D eigenvalue weighted by Gasteiger charge is -2.46. The molecule has 4 rings (SSSR count). The molecule has 4 N–H and O–H groups in total. The van der Waals surface area contributed by atoms with E-state index < -0.39 is 78.3 Å². The number of ether oxygens (including phenoxy) is 8. The monoisotopic (exact) mass is 1000 g/mol. The molecule has 0 aromatic heterocycles.